The number of pyridine rings is 1. The summed E-state index contributed by atoms with van der Waals surface area (Å²) in [5.74, 6) is 6.92. The van der Waals surface area contributed by atoms with Crippen molar-refractivity contribution in [2.75, 3.05) is 37.4 Å². The lowest BCUT2D eigenvalue weighted by Crippen LogP contribution is -2.40. The second-order valence-corrected chi connectivity index (χ2v) is 5.52. The van der Waals surface area contributed by atoms with Gasteiger partial charge in [0.1, 0.15) is 11.6 Å². The largest absolute Gasteiger partial charge is 0.369 e. The van der Waals surface area contributed by atoms with E-state index in [2.05, 4.69) is 34.6 Å². The maximum Gasteiger partial charge on any atom is 0.142 e. The molecule has 1 fully saturated rings. The van der Waals surface area contributed by atoms with Crippen molar-refractivity contribution in [1.29, 1.82) is 0 Å². The van der Waals surface area contributed by atoms with Crippen LogP contribution < -0.4 is 16.6 Å². The molecule has 0 saturated carbocycles. The Hall–Kier alpha value is -1.33. The van der Waals surface area contributed by atoms with Crippen LogP contribution in [0.3, 0.4) is 0 Å². The Balaban J connectivity index is 1.90. The van der Waals surface area contributed by atoms with Crippen molar-refractivity contribution in [1.82, 2.24) is 9.88 Å². The summed E-state index contributed by atoms with van der Waals surface area (Å²) >= 11 is 0. The summed E-state index contributed by atoms with van der Waals surface area (Å²) in [7, 11) is 2.19. The van der Waals surface area contributed by atoms with Gasteiger partial charge in [-0.25, -0.2) is 10.8 Å². The van der Waals surface area contributed by atoms with Crippen LogP contribution in [0, 0.1) is 5.41 Å². The van der Waals surface area contributed by atoms with E-state index in [0.29, 0.717) is 11.2 Å². The fourth-order valence-corrected chi connectivity index (χ4v) is 2.25. The number of hydrazine groups is 1. The minimum atomic E-state index is 0.361. The summed E-state index contributed by atoms with van der Waals surface area (Å²) in [5.41, 5.74) is 2.92. The van der Waals surface area contributed by atoms with Gasteiger partial charge in [0.25, 0.3) is 0 Å². The highest BCUT2D eigenvalue weighted by molar-refractivity contribution is 5.44. The third-order valence-corrected chi connectivity index (χ3v) is 3.79. The first kappa shape index (κ1) is 13.1. The van der Waals surface area contributed by atoms with Crippen molar-refractivity contribution in [2.24, 2.45) is 11.3 Å². The summed E-state index contributed by atoms with van der Waals surface area (Å²) in [6, 6.07) is 5.77. The van der Waals surface area contributed by atoms with Gasteiger partial charge in [-0.15, -0.1) is 0 Å². The number of rotatable bonds is 4. The molecule has 0 atom stereocenters. The second-order valence-electron chi connectivity index (χ2n) is 5.52. The van der Waals surface area contributed by atoms with Crippen LogP contribution in [0.4, 0.5) is 11.6 Å². The van der Waals surface area contributed by atoms with Crippen molar-refractivity contribution < 1.29 is 0 Å². The van der Waals surface area contributed by atoms with E-state index in [1.165, 1.54) is 25.9 Å². The van der Waals surface area contributed by atoms with Gasteiger partial charge in [-0.3, -0.25) is 0 Å². The number of nitrogens with two attached hydrogens (primary N) is 1. The third kappa shape index (κ3) is 3.34. The fourth-order valence-electron chi connectivity index (χ4n) is 2.25. The first-order chi connectivity index (χ1) is 8.61. The highest BCUT2D eigenvalue weighted by Gasteiger charge is 2.28. The van der Waals surface area contributed by atoms with Crippen LogP contribution in [0.5, 0.6) is 0 Å². The molecule has 0 aromatic carbocycles. The Kier molecular flexibility index (Phi) is 4.04. The number of likely N-dealkylation sites (tertiary alicyclic amines) is 1. The summed E-state index contributed by atoms with van der Waals surface area (Å²) in [6.45, 7) is 5.66. The standard InChI is InChI=1S/C13H23N5/c1-13(6-8-18(2)9-7-13)10-15-11-4-3-5-12(16-11)17-14/h3-5H,6-10,14H2,1-2H3,(H2,15,16,17). The minimum Gasteiger partial charge on any atom is -0.369 e. The quantitative estimate of drug-likeness (QED) is 0.557. The third-order valence-electron chi connectivity index (χ3n) is 3.79. The molecule has 4 N–H and O–H groups in total. The molecule has 100 valence electrons. The molecule has 5 nitrogen and oxygen atoms in total. The van der Waals surface area contributed by atoms with Crippen molar-refractivity contribution in [3.05, 3.63) is 18.2 Å². The van der Waals surface area contributed by atoms with Crippen LogP contribution in [0.15, 0.2) is 18.2 Å². The van der Waals surface area contributed by atoms with E-state index in [9.17, 15) is 0 Å². The maximum absolute atomic E-state index is 5.35. The Bertz CT molecular complexity index is 385. The molecule has 2 rings (SSSR count). The van der Waals surface area contributed by atoms with Gasteiger partial charge >= 0.3 is 0 Å². The molecule has 0 amide bonds. The summed E-state index contributed by atoms with van der Waals surface area (Å²) in [6.07, 6.45) is 2.46. The van der Waals surface area contributed by atoms with E-state index in [1.54, 1.807) is 0 Å². The van der Waals surface area contributed by atoms with Crippen LogP contribution in [-0.2, 0) is 0 Å². The van der Waals surface area contributed by atoms with Gasteiger partial charge in [-0.2, -0.15) is 0 Å². The van der Waals surface area contributed by atoms with Gasteiger partial charge in [-0.05, 0) is 50.5 Å². The normalized spacial score (nSPS) is 19.5. The SMILES string of the molecule is CN1CCC(C)(CNc2cccc(NN)n2)CC1. The maximum atomic E-state index is 5.35. The van der Waals surface area contributed by atoms with Gasteiger partial charge in [0.15, 0.2) is 0 Å². The molecule has 5 heteroatoms. The number of nitrogens with zero attached hydrogens (tertiary/aromatic N) is 2. The zero-order valence-corrected chi connectivity index (χ0v) is 11.2. The topological polar surface area (TPSA) is 66.2 Å². The molecule has 18 heavy (non-hydrogen) atoms. The molecule has 1 saturated heterocycles. The van der Waals surface area contributed by atoms with E-state index in [-0.39, 0.29) is 0 Å². The zero-order chi connectivity index (χ0) is 13.0. The van der Waals surface area contributed by atoms with Gasteiger partial charge < -0.3 is 15.6 Å². The number of piperidine rings is 1. The molecule has 1 aliphatic rings. The molecule has 1 aromatic rings. The van der Waals surface area contributed by atoms with Gasteiger partial charge in [-0.1, -0.05) is 13.0 Å². The molecule has 2 heterocycles. The van der Waals surface area contributed by atoms with E-state index in [1.807, 2.05) is 18.2 Å². The first-order valence-electron chi connectivity index (χ1n) is 6.47. The summed E-state index contributed by atoms with van der Waals surface area (Å²) < 4.78 is 0. The Morgan fingerprint density at radius 3 is 2.67 bits per heavy atom. The second kappa shape index (κ2) is 5.54. The summed E-state index contributed by atoms with van der Waals surface area (Å²) in [5, 5.41) is 3.42. The lowest BCUT2D eigenvalue weighted by atomic mass is 9.80. The minimum absolute atomic E-state index is 0.361. The predicted molar refractivity (Wildman–Crippen MR) is 75.4 cm³/mol. The average molecular weight is 249 g/mol. The molecular formula is C13H23N5. The van der Waals surface area contributed by atoms with Crippen LogP contribution in [0.2, 0.25) is 0 Å². The zero-order valence-electron chi connectivity index (χ0n) is 11.2. The highest BCUT2D eigenvalue weighted by atomic mass is 15.3. The van der Waals surface area contributed by atoms with Crippen LogP contribution in [0.1, 0.15) is 19.8 Å². The molecule has 1 aromatic heterocycles. The van der Waals surface area contributed by atoms with Crippen LogP contribution in [-0.4, -0.2) is 36.6 Å². The monoisotopic (exact) mass is 249 g/mol. The van der Waals surface area contributed by atoms with Crippen LogP contribution >= 0.6 is 0 Å². The van der Waals surface area contributed by atoms with Crippen molar-refractivity contribution >= 4 is 11.6 Å². The molecule has 1 aliphatic heterocycles. The van der Waals surface area contributed by atoms with Crippen molar-refractivity contribution in [3.8, 4) is 0 Å². The Labute approximate surface area is 109 Å². The molecule has 0 radical (unpaired) electrons. The van der Waals surface area contributed by atoms with E-state index in [0.717, 1.165) is 12.4 Å². The highest BCUT2D eigenvalue weighted by Crippen LogP contribution is 2.30. The first-order valence-corrected chi connectivity index (χ1v) is 6.47. The van der Waals surface area contributed by atoms with E-state index in [4.69, 9.17) is 5.84 Å². The fraction of sp³-hybridized carbons (Fsp3) is 0.615. The predicted octanol–water partition coefficient (Wildman–Crippen LogP) is 1.51. The smallest absolute Gasteiger partial charge is 0.142 e. The number of nitrogens with one attached hydrogen (secondary N) is 2. The van der Waals surface area contributed by atoms with Crippen molar-refractivity contribution in [2.45, 2.75) is 19.8 Å². The van der Waals surface area contributed by atoms with E-state index < -0.39 is 0 Å². The Morgan fingerprint density at radius 1 is 1.33 bits per heavy atom. The molecule has 0 unspecified atom stereocenters. The van der Waals surface area contributed by atoms with Crippen molar-refractivity contribution in [3.63, 3.8) is 0 Å². The van der Waals surface area contributed by atoms with Gasteiger partial charge in [0.2, 0.25) is 0 Å². The molecule has 0 aliphatic carbocycles. The number of anilines is 2. The van der Waals surface area contributed by atoms with Gasteiger partial charge in [0, 0.05) is 6.54 Å². The number of hydrogen-bond donors (Lipinski definition) is 3. The lowest BCUT2D eigenvalue weighted by Gasteiger charge is -2.38. The Morgan fingerprint density at radius 2 is 2.00 bits per heavy atom. The molecule has 0 bridgehead atoms. The summed E-state index contributed by atoms with van der Waals surface area (Å²) in [4.78, 5) is 6.75. The lowest BCUT2D eigenvalue weighted by molar-refractivity contribution is 0.150. The number of hydrogen-bond acceptors (Lipinski definition) is 5. The number of aromatic nitrogens is 1. The molecule has 0 spiro atoms. The van der Waals surface area contributed by atoms with E-state index >= 15 is 0 Å². The van der Waals surface area contributed by atoms with Gasteiger partial charge in [0.05, 0.1) is 0 Å². The van der Waals surface area contributed by atoms with Crippen LogP contribution in [0.25, 0.3) is 0 Å². The average Bonchev–Trinajstić information content (AvgIpc) is 2.41. The molecular weight excluding hydrogens is 226 g/mol. The number of nitrogen functional groups attached to an aromatic ring is 1.